The van der Waals surface area contributed by atoms with Crippen LogP contribution in [0.2, 0.25) is 0 Å². The minimum Gasteiger partial charge on any atom is -0.467 e. The lowest BCUT2D eigenvalue weighted by molar-refractivity contribution is -0.147. The zero-order valence-electron chi connectivity index (χ0n) is 21.9. The second-order valence-electron chi connectivity index (χ2n) is 9.94. The van der Waals surface area contributed by atoms with Crippen LogP contribution >= 0.6 is 0 Å². The fourth-order valence-electron chi connectivity index (χ4n) is 5.60. The van der Waals surface area contributed by atoms with Gasteiger partial charge in [-0.15, -0.1) is 0 Å². The number of ether oxygens (including phenoxy) is 1. The van der Waals surface area contributed by atoms with Crippen LogP contribution in [0.5, 0.6) is 0 Å². The number of anilines is 1. The summed E-state index contributed by atoms with van der Waals surface area (Å²) in [5.41, 5.74) is 0.227. The summed E-state index contributed by atoms with van der Waals surface area (Å²) >= 11 is 0. The van der Waals surface area contributed by atoms with E-state index >= 15 is 0 Å². The number of nitrogens with one attached hydrogen (secondary N) is 3. The number of benzene rings is 1. The van der Waals surface area contributed by atoms with Crippen LogP contribution in [0.4, 0.5) is 10.5 Å². The summed E-state index contributed by atoms with van der Waals surface area (Å²) in [7, 11) is 1.21. The van der Waals surface area contributed by atoms with Gasteiger partial charge in [0.1, 0.15) is 17.6 Å². The lowest BCUT2D eigenvalue weighted by atomic mass is 9.85. The molecule has 0 saturated carbocycles. The number of esters is 1. The molecule has 2 unspecified atom stereocenters. The molecule has 12 nitrogen and oxygen atoms in total. The molecule has 38 heavy (non-hydrogen) atoms. The summed E-state index contributed by atoms with van der Waals surface area (Å²) in [5, 5.41) is 8.31. The van der Waals surface area contributed by atoms with E-state index in [1.165, 1.54) is 18.9 Å². The predicted octanol–water partition coefficient (Wildman–Crippen LogP) is 0.183. The molecule has 1 spiro atoms. The molecule has 3 aliphatic rings. The molecule has 1 aromatic rings. The van der Waals surface area contributed by atoms with Crippen molar-refractivity contribution in [1.82, 2.24) is 25.8 Å². The quantitative estimate of drug-likeness (QED) is 0.448. The second kappa shape index (κ2) is 11.7. The van der Waals surface area contributed by atoms with Crippen molar-refractivity contribution < 1.29 is 28.7 Å². The number of methoxy groups -OCH3 is 1. The molecule has 0 aromatic heterocycles. The van der Waals surface area contributed by atoms with Crippen molar-refractivity contribution in [2.45, 2.75) is 56.7 Å². The van der Waals surface area contributed by atoms with Crippen LogP contribution in [0.15, 0.2) is 30.3 Å². The first-order valence-corrected chi connectivity index (χ1v) is 13.1. The Kier molecular flexibility index (Phi) is 8.38. The van der Waals surface area contributed by atoms with Crippen LogP contribution < -0.4 is 20.9 Å². The van der Waals surface area contributed by atoms with Gasteiger partial charge in [-0.25, -0.2) is 9.59 Å². The number of hydrogen-bond donors (Lipinski definition) is 3. The number of carbonyl (C=O) groups excluding carboxylic acids is 5. The van der Waals surface area contributed by atoms with E-state index in [0.29, 0.717) is 45.6 Å². The molecule has 3 saturated heterocycles. The third kappa shape index (κ3) is 5.53. The van der Waals surface area contributed by atoms with Crippen molar-refractivity contribution in [3.05, 3.63) is 30.3 Å². The Morgan fingerprint density at radius 1 is 1.11 bits per heavy atom. The highest BCUT2D eigenvalue weighted by atomic mass is 16.5. The van der Waals surface area contributed by atoms with Gasteiger partial charge in [0.2, 0.25) is 17.7 Å². The standard InChI is InChI=1S/C26H36N6O6/c1-18(33)31-13-7-6-10-21(31)22(34)29-20(23(35)38-2)16-27-25(37)30-14-11-26(12-15-30)24(36)28-17-32(26)19-8-4-3-5-9-19/h3-5,8-9,20-21H,6-7,10-17H2,1-2H3,(H,27,37)(H,28,36)(H,29,34). The van der Waals surface area contributed by atoms with E-state index in [2.05, 4.69) is 20.9 Å². The highest BCUT2D eigenvalue weighted by molar-refractivity contribution is 5.94. The number of rotatable bonds is 6. The molecular weight excluding hydrogens is 492 g/mol. The van der Waals surface area contributed by atoms with Crippen molar-refractivity contribution in [2.24, 2.45) is 0 Å². The van der Waals surface area contributed by atoms with Crippen molar-refractivity contribution in [2.75, 3.05) is 44.9 Å². The molecule has 3 fully saturated rings. The second-order valence-corrected chi connectivity index (χ2v) is 9.94. The third-order valence-electron chi connectivity index (χ3n) is 7.75. The number of amides is 5. The van der Waals surface area contributed by atoms with Crippen molar-refractivity contribution >= 4 is 35.4 Å². The highest BCUT2D eigenvalue weighted by Gasteiger charge is 2.50. The maximum atomic E-state index is 13.0. The van der Waals surface area contributed by atoms with Crippen LogP contribution in [0, 0.1) is 0 Å². The number of urea groups is 1. The average molecular weight is 529 g/mol. The third-order valence-corrected chi connectivity index (χ3v) is 7.75. The minimum absolute atomic E-state index is 0.0443. The van der Waals surface area contributed by atoms with Crippen LogP contribution in [0.25, 0.3) is 0 Å². The minimum atomic E-state index is -1.10. The van der Waals surface area contributed by atoms with E-state index in [1.54, 1.807) is 4.90 Å². The normalized spacial score (nSPS) is 21.5. The molecule has 206 valence electrons. The highest BCUT2D eigenvalue weighted by Crippen LogP contribution is 2.36. The van der Waals surface area contributed by atoms with E-state index in [1.807, 2.05) is 30.3 Å². The molecule has 0 aliphatic carbocycles. The lowest BCUT2D eigenvalue weighted by Crippen LogP contribution is -2.60. The summed E-state index contributed by atoms with van der Waals surface area (Å²) in [6.07, 6.45) is 3.05. The zero-order valence-corrected chi connectivity index (χ0v) is 21.9. The van der Waals surface area contributed by atoms with Gasteiger partial charge in [-0.2, -0.15) is 0 Å². The average Bonchev–Trinajstić information content (AvgIpc) is 3.25. The number of nitrogens with zero attached hydrogens (tertiary/aromatic N) is 3. The molecule has 2 atom stereocenters. The molecule has 3 heterocycles. The number of likely N-dealkylation sites (tertiary alicyclic amines) is 2. The number of para-hydroxylation sites is 1. The van der Waals surface area contributed by atoms with Crippen molar-refractivity contribution in [3.63, 3.8) is 0 Å². The lowest BCUT2D eigenvalue weighted by Gasteiger charge is -2.43. The van der Waals surface area contributed by atoms with Crippen LogP contribution in [-0.2, 0) is 23.9 Å². The van der Waals surface area contributed by atoms with Gasteiger partial charge in [0.15, 0.2) is 0 Å². The smallest absolute Gasteiger partial charge is 0.330 e. The topological polar surface area (TPSA) is 140 Å². The Balaban J connectivity index is 1.34. The zero-order chi connectivity index (χ0) is 27.3. The summed E-state index contributed by atoms with van der Waals surface area (Å²) in [6, 6.07) is 7.55. The molecular formula is C26H36N6O6. The van der Waals surface area contributed by atoms with E-state index in [0.717, 1.165) is 18.5 Å². The molecule has 0 radical (unpaired) electrons. The van der Waals surface area contributed by atoms with E-state index in [-0.39, 0.29) is 18.4 Å². The maximum absolute atomic E-state index is 13.0. The summed E-state index contributed by atoms with van der Waals surface area (Å²) < 4.78 is 4.83. The molecule has 5 amide bonds. The van der Waals surface area contributed by atoms with Crippen molar-refractivity contribution in [3.8, 4) is 0 Å². The fourth-order valence-corrected chi connectivity index (χ4v) is 5.60. The summed E-state index contributed by atoms with van der Waals surface area (Å²) in [6.45, 7) is 2.87. The number of hydrogen-bond acceptors (Lipinski definition) is 7. The number of piperidine rings is 2. The van der Waals surface area contributed by atoms with Gasteiger partial charge < -0.3 is 35.4 Å². The molecule has 4 rings (SSSR count). The number of carbonyl (C=O) groups is 5. The van der Waals surface area contributed by atoms with E-state index in [4.69, 9.17) is 4.74 Å². The predicted molar refractivity (Wildman–Crippen MR) is 138 cm³/mol. The Labute approximate surface area is 222 Å². The van der Waals surface area contributed by atoms with Gasteiger partial charge in [0.25, 0.3) is 0 Å². The van der Waals surface area contributed by atoms with Gasteiger partial charge in [-0.05, 0) is 44.2 Å². The molecule has 12 heteroatoms. The fraction of sp³-hybridized carbons (Fsp3) is 0.577. The van der Waals surface area contributed by atoms with Gasteiger partial charge in [-0.1, -0.05) is 18.2 Å². The Bertz CT molecular complexity index is 1060. The van der Waals surface area contributed by atoms with Crippen LogP contribution in [0.1, 0.15) is 39.0 Å². The summed E-state index contributed by atoms with van der Waals surface area (Å²) in [5.74, 6) is -1.38. The Morgan fingerprint density at radius 3 is 2.47 bits per heavy atom. The van der Waals surface area contributed by atoms with E-state index in [9.17, 15) is 24.0 Å². The first-order valence-electron chi connectivity index (χ1n) is 13.1. The first kappa shape index (κ1) is 27.2. The molecule has 3 aliphatic heterocycles. The van der Waals surface area contributed by atoms with Crippen LogP contribution in [-0.4, -0.2) is 97.1 Å². The Hall–Kier alpha value is -3.83. The molecule has 3 N–H and O–H groups in total. The van der Waals surface area contributed by atoms with Gasteiger partial charge in [0, 0.05) is 32.2 Å². The van der Waals surface area contributed by atoms with Gasteiger partial charge in [0.05, 0.1) is 20.3 Å². The summed E-state index contributed by atoms with van der Waals surface area (Å²) in [4.78, 5) is 68.2. The van der Waals surface area contributed by atoms with Crippen LogP contribution in [0.3, 0.4) is 0 Å². The van der Waals surface area contributed by atoms with Gasteiger partial charge >= 0.3 is 12.0 Å². The maximum Gasteiger partial charge on any atom is 0.330 e. The Morgan fingerprint density at radius 2 is 1.82 bits per heavy atom. The van der Waals surface area contributed by atoms with Crippen molar-refractivity contribution in [1.29, 1.82) is 0 Å². The molecule has 1 aromatic carbocycles. The monoisotopic (exact) mass is 528 g/mol. The van der Waals surface area contributed by atoms with Gasteiger partial charge in [-0.3, -0.25) is 14.4 Å². The van der Waals surface area contributed by atoms with E-state index < -0.39 is 35.5 Å². The largest absolute Gasteiger partial charge is 0.467 e. The first-order chi connectivity index (χ1) is 18.3. The SMILES string of the molecule is COC(=O)C(CNC(=O)N1CCC2(CC1)C(=O)NCN2c1ccccc1)NC(=O)C1CCCCN1C(C)=O. The molecule has 0 bridgehead atoms.